The van der Waals surface area contributed by atoms with Crippen LogP contribution < -0.4 is 0 Å². The summed E-state index contributed by atoms with van der Waals surface area (Å²) in [7, 11) is 0. The van der Waals surface area contributed by atoms with Gasteiger partial charge in [-0.2, -0.15) is 0 Å². The molecule has 0 fully saturated rings. The lowest BCUT2D eigenvalue weighted by Crippen LogP contribution is -2.14. The molecule has 0 N–H and O–H groups in total. The second-order valence-corrected chi connectivity index (χ2v) is 7.85. The van der Waals surface area contributed by atoms with Gasteiger partial charge in [-0.3, -0.25) is 14.3 Å². The number of nitrogens with zero attached hydrogens (tertiary/aromatic N) is 4. The van der Waals surface area contributed by atoms with Crippen molar-refractivity contribution in [2.75, 3.05) is 6.61 Å². The van der Waals surface area contributed by atoms with Crippen LogP contribution in [0, 0.1) is 0 Å². The number of carbonyl (C=O) groups excluding carboxylic acids is 1. The first kappa shape index (κ1) is 20.8. The summed E-state index contributed by atoms with van der Waals surface area (Å²) in [4.78, 5) is 16.9. The Kier molecular flexibility index (Phi) is 6.74. The Hall–Kier alpha value is -3.45. The van der Waals surface area contributed by atoms with E-state index < -0.39 is 5.25 Å². The quantitative estimate of drug-likeness (QED) is 0.296. The normalized spacial score (nSPS) is 11.8. The molecule has 0 amide bonds. The maximum atomic E-state index is 12.8. The molecule has 0 radical (unpaired) electrons. The third kappa shape index (κ3) is 5.00. The van der Waals surface area contributed by atoms with E-state index in [1.165, 1.54) is 11.8 Å². The number of benzene rings is 2. The van der Waals surface area contributed by atoms with Crippen LogP contribution in [0.3, 0.4) is 0 Å². The molecule has 7 heteroatoms. The lowest BCUT2D eigenvalue weighted by atomic mass is 10.1. The lowest BCUT2D eigenvalue weighted by molar-refractivity contribution is -0.142. The largest absolute Gasteiger partial charge is 0.465 e. The highest BCUT2D eigenvalue weighted by atomic mass is 32.2. The van der Waals surface area contributed by atoms with Gasteiger partial charge in [0.25, 0.3) is 0 Å². The fraction of sp³-hybridized carbons (Fsp3) is 0.167. The van der Waals surface area contributed by atoms with Crippen LogP contribution >= 0.6 is 11.8 Å². The van der Waals surface area contributed by atoms with Crippen LogP contribution in [-0.2, 0) is 16.1 Å². The van der Waals surface area contributed by atoms with Crippen molar-refractivity contribution in [1.29, 1.82) is 0 Å². The van der Waals surface area contributed by atoms with Gasteiger partial charge in [0.15, 0.2) is 11.0 Å². The first-order chi connectivity index (χ1) is 15.3. The van der Waals surface area contributed by atoms with Crippen molar-refractivity contribution in [3.05, 3.63) is 96.3 Å². The molecule has 2 aromatic carbocycles. The van der Waals surface area contributed by atoms with Crippen LogP contribution in [0.5, 0.6) is 0 Å². The molecule has 2 heterocycles. The van der Waals surface area contributed by atoms with Gasteiger partial charge in [0.2, 0.25) is 0 Å². The number of thioether (sulfide) groups is 1. The Bertz CT molecular complexity index is 1120. The Morgan fingerprint density at radius 3 is 2.32 bits per heavy atom. The van der Waals surface area contributed by atoms with Crippen LogP contribution in [0.2, 0.25) is 0 Å². The predicted molar refractivity (Wildman–Crippen MR) is 120 cm³/mol. The summed E-state index contributed by atoms with van der Waals surface area (Å²) in [5, 5.41) is 9.00. The van der Waals surface area contributed by atoms with Crippen LogP contribution in [0.15, 0.2) is 90.3 Å². The van der Waals surface area contributed by atoms with E-state index in [4.69, 9.17) is 4.74 Å². The minimum Gasteiger partial charge on any atom is -0.465 e. The third-order valence-electron chi connectivity index (χ3n) is 4.67. The van der Waals surface area contributed by atoms with Crippen molar-refractivity contribution in [3.8, 4) is 11.4 Å². The van der Waals surface area contributed by atoms with Gasteiger partial charge in [0.05, 0.1) is 13.2 Å². The molecule has 6 nitrogen and oxygen atoms in total. The van der Waals surface area contributed by atoms with Crippen molar-refractivity contribution < 1.29 is 9.53 Å². The average molecular weight is 431 g/mol. The summed E-state index contributed by atoms with van der Waals surface area (Å²) in [6, 6.07) is 23.5. The zero-order valence-corrected chi connectivity index (χ0v) is 17.9. The molecule has 4 rings (SSSR count). The molecule has 0 aliphatic rings. The number of rotatable bonds is 8. The number of hydrogen-bond acceptors (Lipinski definition) is 6. The molecule has 1 atom stereocenters. The molecule has 0 saturated heterocycles. The minimum atomic E-state index is -0.537. The summed E-state index contributed by atoms with van der Waals surface area (Å²) in [6.07, 6.45) is 3.46. The van der Waals surface area contributed by atoms with E-state index in [0.29, 0.717) is 18.3 Å². The van der Waals surface area contributed by atoms with Crippen LogP contribution in [-0.4, -0.2) is 32.3 Å². The Balaban J connectivity index is 1.74. The highest BCUT2D eigenvalue weighted by Crippen LogP contribution is 2.37. The topological polar surface area (TPSA) is 69.9 Å². The van der Waals surface area contributed by atoms with Gasteiger partial charge in [-0.1, -0.05) is 72.4 Å². The van der Waals surface area contributed by atoms with Crippen molar-refractivity contribution in [2.24, 2.45) is 0 Å². The number of aromatic nitrogens is 4. The first-order valence-corrected chi connectivity index (χ1v) is 10.9. The SMILES string of the molecule is CCOC(=O)C(Sc1nnc(-c2ccncc2)n1Cc1ccccc1)c1ccccc1. The summed E-state index contributed by atoms with van der Waals surface area (Å²) < 4.78 is 7.39. The smallest absolute Gasteiger partial charge is 0.324 e. The molecule has 156 valence electrons. The fourth-order valence-corrected chi connectivity index (χ4v) is 4.24. The van der Waals surface area contributed by atoms with Gasteiger partial charge < -0.3 is 4.74 Å². The van der Waals surface area contributed by atoms with Crippen molar-refractivity contribution in [1.82, 2.24) is 19.7 Å². The number of hydrogen-bond donors (Lipinski definition) is 0. The maximum Gasteiger partial charge on any atom is 0.324 e. The van der Waals surface area contributed by atoms with Crippen LogP contribution in [0.4, 0.5) is 0 Å². The first-order valence-electron chi connectivity index (χ1n) is 10.0. The Morgan fingerprint density at radius 2 is 1.65 bits per heavy atom. The lowest BCUT2D eigenvalue weighted by Gasteiger charge is -2.16. The average Bonchev–Trinajstić information content (AvgIpc) is 3.21. The van der Waals surface area contributed by atoms with Gasteiger partial charge in [-0.15, -0.1) is 10.2 Å². The van der Waals surface area contributed by atoms with Crippen molar-refractivity contribution >= 4 is 17.7 Å². The van der Waals surface area contributed by atoms with Crippen molar-refractivity contribution in [3.63, 3.8) is 0 Å². The third-order valence-corrected chi connectivity index (χ3v) is 5.88. The second kappa shape index (κ2) is 10.0. The second-order valence-electron chi connectivity index (χ2n) is 6.77. The standard InChI is InChI=1S/C24H22N4O2S/c1-2-30-23(29)21(19-11-7-4-8-12-19)31-24-27-26-22(20-13-15-25-16-14-20)28(24)17-18-9-5-3-6-10-18/h3-16,21H,2,17H2,1H3. The summed E-state index contributed by atoms with van der Waals surface area (Å²) >= 11 is 1.35. The van der Waals surface area contributed by atoms with E-state index in [0.717, 1.165) is 22.5 Å². The maximum absolute atomic E-state index is 12.8. The number of pyridine rings is 1. The zero-order valence-electron chi connectivity index (χ0n) is 17.1. The van der Waals surface area contributed by atoms with E-state index >= 15 is 0 Å². The highest BCUT2D eigenvalue weighted by Gasteiger charge is 2.27. The van der Waals surface area contributed by atoms with Crippen molar-refractivity contribution in [2.45, 2.75) is 23.9 Å². The molecule has 2 aromatic heterocycles. The molecule has 0 saturated carbocycles. The molecule has 0 aliphatic heterocycles. The van der Waals surface area contributed by atoms with E-state index in [9.17, 15) is 4.79 Å². The Labute approximate surface area is 185 Å². The molecule has 0 aliphatic carbocycles. The zero-order chi connectivity index (χ0) is 21.5. The van der Waals surface area contributed by atoms with Crippen LogP contribution in [0.1, 0.15) is 23.3 Å². The van der Waals surface area contributed by atoms with Gasteiger partial charge in [-0.25, -0.2) is 0 Å². The van der Waals surface area contributed by atoms with Gasteiger partial charge in [0, 0.05) is 18.0 Å². The molecule has 1 unspecified atom stereocenters. The Morgan fingerprint density at radius 1 is 0.968 bits per heavy atom. The minimum absolute atomic E-state index is 0.293. The van der Waals surface area contributed by atoms with Crippen LogP contribution in [0.25, 0.3) is 11.4 Å². The van der Waals surface area contributed by atoms with E-state index in [2.05, 4.69) is 27.3 Å². The highest BCUT2D eigenvalue weighted by molar-refractivity contribution is 8.00. The molecule has 31 heavy (non-hydrogen) atoms. The van der Waals surface area contributed by atoms with E-state index in [1.54, 1.807) is 12.4 Å². The van der Waals surface area contributed by atoms with E-state index in [-0.39, 0.29) is 5.97 Å². The van der Waals surface area contributed by atoms with Gasteiger partial charge in [-0.05, 0) is 30.2 Å². The number of carbonyl (C=O) groups is 1. The van der Waals surface area contributed by atoms with Gasteiger partial charge >= 0.3 is 5.97 Å². The summed E-state index contributed by atoms with van der Waals surface area (Å²) in [5.41, 5.74) is 2.90. The summed E-state index contributed by atoms with van der Waals surface area (Å²) in [6.45, 7) is 2.71. The predicted octanol–water partition coefficient (Wildman–Crippen LogP) is 4.78. The molecular weight excluding hydrogens is 408 g/mol. The number of esters is 1. The van der Waals surface area contributed by atoms with Gasteiger partial charge in [0.1, 0.15) is 5.25 Å². The number of ether oxygens (including phenoxy) is 1. The van der Waals surface area contributed by atoms with E-state index in [1.807, 2.05) is 72.2 Å². The summed E-state index contributed by atoms with van der Waals surface area (Å²) in [5.74, 6) is 0.433. The monoisotopic (exact) mass is 430 g/mol. The molecule has 0 spiro atoms. The molecule has 4 aromatic rings. The molecular formula is C24H22N4O2S. The molecule has 0 bridgehead atoms. The fourth-order valence-electron chi connectivity index (χ4n) is 3.20.